The van der Waals surface area contributed by atoms with Gasteiger partial charge in [0.15, 0.2) is 5.82 Å². The number of carbonyl (C=O) groups is 2. The normalized spacial score (nSPS) is 11.4. The first-order valence-electron chi connectivity index (χ1n) is 7.13. The van der Waals surface area contributed by atoms with Crippen molar-refractivity contribution in [1.29, 1.82) is 5.26 Å². The van der Waals surface area contributed by atoms with Crippen molar-refractivity contribution in [3.8, 4) is 6.07 Å². The molecule has 0 fully saturated rings. The number of hydrogen-bond acceptors (Lipinski definition) is 6. The second-order valence-electron chi connectivity index (χ2n) is 5.00. The molecule has 124 valence electrons. The van der Waals surface area contributed by atoms with Gasteiger partial charge in [-0.1, -0.05) is 5.16 Å². The summed E-state index contributed by atoms with van der Waals surface area (Å²) in [5, 5.41) is 17.3. The molecule has 0 aliphatic rings. The molecule has 0 saturated heterocycles. The van der Waals surface area contributed by atoms with Crippen molar-refractivity contribution in [2.75, 3.05) is 16.4 Å². The highest BCUT2D eigenvalue weighted by molar-refractivity contribution is 8.01. The molecule has 0 aliphatic heterocycles. The third-order valence-electron chi connectivity index (χ3n) is 3.01. The molecule has 1 unspecified atom stereocenters. The van der Waals surface area contributed by atoms with Crippen molar-refractivity contribution in [1.82, 2.24) is 5.16 Å². The highest BCUT2D eigenvalue weighted by Gasteiger charge is 2.16. The van der Waals surface area contributed by atoms with Gasteiger partial charge in [-0.05, 0) is 38.1 Å². The monoisotopic (exact) mass is 344 g/mol. The van der Waals surface area contributed by atoms with Gasteiger partial charge in [0.25, 0.3) is 0 Å². The lowest BCUT2D eigenvalue weighted by Gasteiger charge is -2.10. The standard InChI is InChI=1S/C16H16N4O3S/c1-10-7-14(20-23-10)19-16(22)11(2)24-9-15(21)18-13-5-3-12(8-17)4-6-13/h3-7,11H,9H2,1-2H3,(H,18,21)(H,19,20,22). The first-order valence-corrected chi connectivity index (χ1v) is 8.18. The number of rotatable bonds is 6. The van der Waals surface area contributed by atoms with E-state index in [0.29, 0.717) is 22.8 Å². The van der Waals surface area contributed by atoms with Crippen molar-refractivity contribution in [3.63, 3.8) is 0 Å². The summed E-state index contributed by atoms with van der Waals surface area (Å²) < 4.78 is 4.87. The number of thioether (sulfide) groups is 1. The van der Waals surface area contributed by atoms with Gasteiger partial charge in [-0.2, -0.15) is 5.26 Å². The van der Waals surface area contributed by atoms with Crippen molar-refractivity contribution < 1.29 is 14.1 Å². The summed E-state index contributed by atoms with van der Waals surface area (Å²) >= 11 is 1.21. The zero-order valence-electron chi connectivity index (χ0n) is 13.2. The third kappa shape index (κ3) is 5.14. The average molecular weight is 344 g/mol. The number of hydrogen-bond donors (Lipinski definition) is 2. The van der Waals surface area contributed by atoms with Gasteiger partial charge in [0, 0.05) is 11.8 Å². The Hall–Kier alpha value is -2.79. The Labute approximate surface area is 143 Å². The topological polar surface area (TPSA) is 108 Å². The Morgan fingerprint density at radius 1 is 1.33 bits per heavy atom. The number of anilines is 2. The Morgan fingerprint density at radius 2 is 2.04 bits per heavy atom. The number of aromatic nitrogens is 1. The number of aryl methyl sites for hydroxylation is 1. The van der Waals surface area contributed by atoms with E-state index in [4.69, 9.17) is 9.78 Å². The highest BCUT2D eigenvalue weighted by atomic mass is 32.2. The fourth-order valence-electron chi connectivity index (χ4n) is 1.75. The van der Waals surface area contributed by atoms with Crippen molar-refractivity contribution >= 4 is 35.1 Å². The van der Waals surface area contributed by atoms with Crippen LogP contribution < -0.4 is 10.6 Å². The molecule has 2 aromatic rings. The van der Waals surface area contributed by atoms with E-state index in [9.17, 15) is 9.59 Å². The first kappa shape index (κ1) is 17.6. The summed E-state index contributed by atoms with van der Waals surface area (Å²) in [6, 6.07) is 10.2. The van der Waals surface area contributed by atoms with Crippen LogP contribution in [0.2, 0.25) is 0 Å². The zero-order valence-corrected chi connectivity index (χ0v) is 14.0. The molecule has 8 heteroatoms. The summed E-state index contributed by atoms with van der Waals surface area (Å²) in [5.41, 5.74) is 1.13. The fraction of sp³-hybridized carbons (Fsp3) is 0.250. The van der Waals surface area contributed by atoms with E-state index in [0.717, 1.165) is 0 Å². The largest absolute Gasteiger partial charge is 0.360 e. The van der Waals surface area contributed by atoms with Gasteiger partial charge >= 0.3 is 0 Å². The van der Waals surface area contributed by atoms with Gasteiger partial charge in [0.2, 0.25) is 11.8 Å². The molecular formula is C16H16N4O3S. The van der Waals surface area contributed by atoms with E-state index < -0.39 is 5.25 Å². The van der Waals surface area contributed by atoms with E-state index in [2.05, 4.69) is 15.8 Å². The number of carbonyl (C=O) groups excluding carboxylic acids is 2. The lowest BCUT2D eigenvalue weighted by molar-refractivity contribution is -0.115. The molecule has 1 aromatic heterocycles. The predicted molar refractivity (Wildman–Crippen MR) is 91.6 cm³/mol. The number of nitriles is 1. The summed E-state index contributed by atoms with van der Waals surface area (Å²) in [5.74, 6) is 0.618. The quantitative estimate of drug-likeness (QED) is 0.834. The number of nitrogens with zero attached hydrogens (tertiary/aromatic N) is 2. The van der Waals surface area contributed by atoms with Crippen molar-refractivity contribution in [2.24, 2.45) is 0 Å². The average Bonchev–Trinajstić information content (AvgIpc) is 2.98. The maximum absolute atomic E-state index is 12.0. The van der Waals surface area contributed by atoms with E-state index in [1.807, 2.05) is 6.07 Å². The molecule has 0 saturated carbocycles. The molecule has 1 aromatic carbocycles. The molecule has 1 heterocycles. The van der Waals surface area contributed by atoms with Gasteiger partial charge < -0.3 is 15.2 Å². The van der Waals surface area contributed by atoms with Gasteiger partial charge in [-0.25, -0.2) is 0 Å². The fourth-order valence-corrected chi connectivity index (χ4v) is 2.44. The molecule has 0 spiro atoms. The molecule has 0 aliphatic carbocycles. The maximum atomic E-state index is 12.0. The van der Waals surface area contributed by atoms with E-state index in [1.165, 1.54) is 11.8 Å². The minimum atomic E-state index is -0.422. The summed E-state index contributed by atoms with van der Waals surface area (Å²) in [4.78, 5) is 23.9. The van der Waals surface area contributed by atoms with Crippen LogP contribution in [-0.2, 0) is 9.59 Å². The predicted octanol–water partition coefficient (Wildman–Crippen LogP) is 2.55. The lowest BCUT2D eigenvalue weighted by atomic mass is 10.2. The Bertz CT molecular complexity index is 764. The van der Waals surface area contributed by atoms with Crippen LogP contribution in [0.15, 0.2) is 34.9 Å². The second kappa shape index (κ2) is 8.17. The summed E-state index contributed by atoms with van der Waals surface area (Å²) in [6.07, 6.45) is 0. The first-order chi connectivity index (χ1) is 11.5. The van der Waals surface area contributed by atoms with Crippen LogP contribution in [-0.4, -0.2) is 28.0 Å². The van der Waals surface area contributed by atoms with Gasteiger partial charge in [0.05, 0.1) is 22.6 Å². The van der Waals surface area contributed by atoms with Crippen LogP contribution in [0.3, 0.4) is 0 Å². The Morgan fingerprint density at radius 3 is 2.62 bits per heavy atom. The second-order valence-corrected chi connectivity index (χ2v) is 6.33. The molecule has 0 bridgehead atoms. The van der Waals surface area contributed by atoms with E-state index in [1.54, 1.807) is 44.2 Å². The highest BCUT2D eigenvalue weighted by Crippen LogP contribution is 2.15. The Kier molecular flexibility index (Phi) is 5.98. The number of benzene rings is 1. The molecule has 1 atom stereocenters. The number of nitrogens with one attached hydrogen (secondary N) is 2. The van der Waals surface area contributed by atoms with Gasteiger partial charge in [0.1, 0.15) is 5.76 Å². The van der Waals surface area contributed by atoms with Gasteiger partial charge in [-0.3, -0.25) is 9.59 Å². The molecule has 2 N–H and O–H groups in total. The van der Waals surface area contributed by atoms with E-state index >= 15 is 0 Å². The molecule has 2 amide bonds. The van der Waals surface area contributed by atoms with Crippen LogP contribution in [0.1, 0.15) is 18.2 Å². The summed E-state index contributed by atoms with van der Waals surface area (Å²) in [6.45, 7) is 3.44. The van der Waals surface area contributed by atoms with Crippen LogP contribution in [0.25, 0.3) is 0 Å². The smallest absolute Gasteiger partial charge is 0.238 e. The van der Waals surface area contributed by atoms with Crippen LogP contribution in [0.5, 0.6) is 0 Å². The lowest BCUT2D eigenvalue weighted by Crippen LogP contribution is -2.25. The molecular weight excluding hydrogens is 328 g/mol. The van der Waals surface area contributed by atoms with Crippen molar-refractivity contribution in [2.45, 2.75) is 19.1 Å². The SMILES string of the molecule is Cc1cc(NC(=O)C(C)SCC(=O)Nc2ccc(C#N)cc2)no1. The summed E-state index contributed by atoms with van der Waals surface area (Å²) in [7, 11) is 0. The van der Waals surface area contributed by atoms with Crippen LogP contribution >= 0.6 is 11.8 Å². The van der Waals surface area contributed by atoms with Crippen LogP contribution in [0.4, 0.5) is 11.5 Å². The van der Waals surface area contributed by atoms with Gasteiger partial charge in [-0.15, -0.1) is 11.8 Å². The molecule has 24 heavy (non-hydrogen) atoms. The Balaban J connectivity index is 1.77. The molecule has 0 radical (unpaired) electrons. The van der Waals surface area contributed by atoms with E-state index in [-0.39, 0.29) is 17.6 Å². The third-order valence-corrected chi connectivity index (χ3v) is 4.15. The molecule has 2 rings (SSSR count). The molecule has 7 nitrogen and oxygen atoms in total. The minimum absolute atomic E-state index is 0.131. The van der Waals surface area contributed by atoms with Crippen LogP contribution in [0, 0.1) is 18.3 Å². The van der Waals surface area contributed by atoms with Crippen molar-refractivity contribution in [3.05, 3.63) is 41.7 Å². The zero-order chi connectivity index (χ0) is 17.5. The maximum Gasteiger partial charge on any atom is 0.238 e. The number of amides is 2. The minimum Gasteiger partial charge on any atom is -0.360 e.